The van der Waals surface area contributed by atoms with Crippen LogP contribution < -0.4 is 0 Å². The second-order valence-corrected chi connectivity index (χ2v) is 3.44. The average molecular weight is 228 g/mol. The highest BCUT2D eigenvalue weighted by Crippen LogP contribution is 2.32. The number of rotatable bonds is 2. The van der Waals surface area contributed by atoms with Crippen LogP contribution >= 0.6 is 0 Å². The van der Waals surface area contributed by atoms with Crippen molar-refractivity contribution in [3.63, 3.8) is 0 Å². The number of tetrazole rings is 1. The van der Waals surface area contributed by atoms with E-state index in [1.165, 1.54) is 0 Å². The number of phenols is 1. The molecule has 2 heterocycles. The van der Waals surface area contributed by atoms with Gasteiger partial charge in [0.2, 0.25) is 5.82 Å². The third-order valence-corrected chi connectivity index (χ3v) is 2.39. The second-order valence-electron chi connectivity index (χ2n) is 3.44. The highest BCUT2D eigenvalue weighted by molar-refractivity contribution is 5.72. The quantitative estimate of drug-likeness (QED) is 0.698. The minimum Gasteiger partial charge on any atom is -0.507 e. The molecule has 17 heavy (non-hydrogen) atoms. The zero-order chi connectivity index (χ0) is 11.7. The molecule has 2 aromatic heterocycles. The molecule has 2 N–H and O–H groups in total. The van der Waals surface area contributed by atoms with E-state index in [4.69, 9.17) is 4.42 Å². The van der Waals surface area contributed by atoms with E-state index in [1.54, 1.807) is 36.6 Å². The fourth-order valence-corrected chi connectivity index (χ4v) is 1.59. The van der Waals surface area contributed by atoms with Crippen LogP contribution in [0.2, 0.25) is 0 Å². The van der Waals surface area contributed by atoms with E-state index in [0.29, 0.717) is 17.1 Å². The molecule has 0 aliphatic carbocycles. The lowest BCUT2D eigenvalue weighted by molar-refractivity contribution is 0.473. The third kappa shape index (κ3) is 1.65. The zero-order valence-corrected chi connectivity index (χ0v) is 8.66. The van der Waals surface area contributed by atoms with Crippen LogP contribution in [-0.2, 0) is 0 Å². The monoisotopic (exact) mass is 228 g/mol. The van der Waals surface area contributed by atoms with Crippen molar-refractivity contribution < 1.29 is 9.52 Å². The van der Waals surface area contributed by atoms with Crippen LogP contribution in [0.5, 0.6) is 5.75 Å². The molecular formula is C11H8N4O2. The Bertz CT molecular complexity index is 617. The predicted molar refractivity (Wildman–Crippen MR) is 59.0 cm³/mol. The minimum absolute atomic E-state index is 0.146. The van der Waals surface area contributed by atoms with Crippen molar-refractivity contribution in [3.05, 3.63) is 36.6 Å². The smallest absolute Gasteiger partial charge is 0.204 e. The van der Waals surface area contributed by atoms with Crippen LogP contribution in [-0.4, -0.2) is 25.7 Å². The number of nitrogens with one attached hydrogen (secondary N) is 1. The van der Waals surface area contributed by atoms with Crippen molar-refractivity contribution in [2.24, 2.45) is 0 Å². The summed E-state index contributed by atoms with van der Waals surface area (Å²) in [7, 11) is 0. The van der Waals surface area contributed by atoms with Gasteiger partial charge in [0.15, 0.2) is 0 Å². The Morgan fingerprint density at radius 2 is 2.18 bits per heavy atom. The molecule has 0 atom stereocenters. The van der Waals surface area contributed by atoms with Crippen molar-refractivity contribution in [1.29, 1.82) is 0 Å². The Balaban J connectivity index is 2.13. The summed E-state index contributed by atoms with van der Waals surface area (Å²) in [5, 5.41) is 23.4. The molecule has 6 nitrogen and oxygen atoms in total. The molecule has 1 aromatic carbocycles. The molecule has 3 aromatic rings. The van der Waals surface area contributed by atoms with E-state index in [1.807, 2.05) is 0 Å². The summed E-state index contributed by atoms with van der Waals surface area (Å²) < 4.78 is 5.25. The van der Waals surface area contributed by atoms with E-state index < -0.39 is 0 Å². The Morgan fingerprint density at radius 1 is 1.24 bits per heavy atom. The number of phenolic OH excluding ortho intramolecular Hbond substituents is 1. The Morgan fingerprint density at radius 3 is 2.88 bits per heavy atom. The number of aromatic nitrogens is 4. The Labute approximate surface area is 95.9 Å². The number of furan rings is 1. The first-order valence-corrected chi connectivity index (χ1v) is 4.95. The summed E-state index contributed by atoms with van der Waals surface area (Å²) in [6.45, 7) is 0. The molecular weight excluding hydrogens is 220 g/mol. The normalized spacial score (nSPS) is 10.6. The molecule has 0 amide bonds. The summed E-state index contributed by atoms with van der Waals surface area (Å²) in [6.07, 6.45) is 1.55. The number of nitrogens with zero attached hydrogens (tertiary/aromatic N) is 3. The summed E-state index contributed by atoms with van der Waals surface area (Å²) in [5.74, 6) is 1.21. The summed E-state index contributed by atoms with van der Waals surface area (Å²) in [4.78, 5) is 0. The molecule has 0 saturated heterocycles. The van der Waals surface area contributed by atoms with Crippen molar-refractivity contribution in [3.8, 4) is 28.5 Å². The first-order valence-electron chi connectivity index (χ1n) is 4.95. The number of benzene rings is 1. The second kappa shape index (κ2) is 3.75. The average Bonchev–Trinajstić information content (AvgIpc) is 3.03. The minimum atomic E-state index is 0.146. The number of hydrogen-bond donors (Lipinski definition) is 2. The lowest BCUT2D eigenvalue weighted by atomic mass is 10.1. The molecule has 0 spiro atoms. The van der Waals surface area contributed by atoms with Crippen molar-refractivity contribution in [2.45, 2.75) is 0 Å². The first-order chi connectivity index (χ1) is 8.34. The maximum Gasteiger partial charge on any atom is 0.204 e. The summed E-state index contributed by atoms with van der Waals surface area (Å²) in [6, 6.07) is 8.57. The number of hydrogen-bond acceptors (Lipinski definition) is 5. The molecule has 0 fully saturated rings. The largest absolute Gasteiger partial charge is 0.507 e. The van der Waals surface area contributed by atoms with Gasteiger partial charge in [-0.1, -0.05) is 0 Å². The predicted octanol–water partition coefficient (Wildman–Crippen LogP) is 1.83. The van der Waals surface area contributed by atoms with Gasteiger partial charge in [0.05, 0.1) is 11.8 Å². The van der Waals surface area contributed by atoms with E-state index >= 15 is 0 Å². The van der Waals surface area contributed by atoms with Crippen LogP contribution in [0.25, 0.3) is 22.7 Å². The molecule has 0 saturated carbocycles. The summed E-state index contributed by atoms with van der Waals surface area (Å²) in [5.41, 5.74) is 1.35. The lowest BCUT2D eigenvalue weighted by Gasteiger charge is -2.02. The van der Waals surface area contributed by atoms with Gasteiger partial charge >= 0.3 is 0 Å². The van der Waals surface area contributed by atoms with Gasteiger partial charge in [0.25, 0.3) is 0 Å². The van der Waals surface area contributed by atoms with Gasteiger partial charge in [-0.15, -0.1) is 10.2 Å². The SMILES string of the molecule is Oc1ccc(-c2nn[nH]n2)cc1-c1ccco1. The van der Waals surface area contributed by atoms with E-state index in [0.717, 1.165) is 5.56 Å². The van der Waals surface area contributed by atoms with Crippen LogP contribution in [0.15, 0.2) is 41.0 Å². The fraction of sp³-hybridized carbons (Fsp3) is 0. The van der Waals surface area contributed by atoms with Crippen LogP contribution in [0, 0.1) is 0 Å². The van der Waals surface area contributed by atoms with Crippen LogP contribution in [0.4, 0.5) is 0 Å². The summed E-state index contributed by atoms with van der Waals surface area (Å²) >= 11 is 0. The van der Waals surface area contributed by atoms with Gasteiger partial charge < -0.3 is 9.52 Å². The molecule has 0 aliphatic heterocycles. The maximum atomic E-state index is 9.78. The van der Waals surface area contributed by atoms with Crippen LogP contribution in [0.1, 0.15) is 0 Å². The first kappa shape index (κ1) is 9.59. The van der Waals surface area contributed by atoms with Gasteiger partial charge in [-0.3, -0.25) is 0 Å². The molecule has 84 valence electrons. The molecule has 6 heteroatoms. The Kier molecular flexibility index (Phi) is 2.11. The van der Waals surface area contributed by atoms with Crippen molar-refractivity contribution in [2.75, 3.05) is 0 Å². The van der Waals surface area contributed by atoms with Gasteiger partial charge in [-0.2, -0.15) is 5.21 Å². The molecule has 0 radical (unpaired) electrons. The van der Waals surface area contributed by atoms with Crippen LogP contribution in [0.3, 0.4) is 0 Å². The fourth-order valence-electron chi connectivity index (χ4n) is 1.59. The zero-order valence-electron chi connectivity index (χ0n) is 8.66. The standard InChI is InChI=1S/C11H8N4O2/c16-9-4-3-7(11-12-14-15-13-11)6-8(9)10-2-1-5-17-10/h1-6,16H,(H,12,13,14,15). The highest BCUT2D eigenvalue weighted by Gasteiger charge is 2.10. The topological polar surface area (TPSA) is 87.8 Å². The molecule has 0 unspecified atom stereocenters. The Hall–Kier alpha value is -2.63. The molecule has 3 rings (SSSR count). The lowest BCUT2D eigenvalue weighted by Crippen LogP contribution is -1.83. The van der Waals surface area contributed by atoms with Gasteiger partial charge in [-0.05, 0) is 35.5 Å². The van der Waals surface area contributed by atoms with Gasteiger partial charge in [0, 0.05) is 5.56 Å². The van der Waals surface area contributed by atoms with Gasteiger partial charge in [0.1, 0.15) is 11.5 Å². The maximum absolute atomic E-state index is 9.78. The van der Waals surface area contributed by atoms with E-state index in [9.17, 15) is 5.11 Å². The van der Waals surface area contributed by atoms with Gasteiger partial charge in [-0.25, -0.2) is 0 Å². The number of aromatic amines is 1. The van der Waals surface area contributed by atoms with Crippen molar-refractivity contribution >= 4 is 0 Å². The number of aromatic hydroxyl groups is 1. The number of H-pyrrole nitrogens is 1. The van der Waals surface area contributed by atoms with Crippen molar-refractivity contribution in [1.82, 2.24) is 20.6 Å². The van der Waals surface area contributed by atoms with E-state index in [2.05, 4.69) is 20.6 Å². The molecule has 0 aliphatic rings. The van der Waals surface area contributed by atoms with E-state index in [-0.39, 0.29) is 5.75 Å². The third-order valence-electron chi connectivity index (χ3n) is 2.39. The molecule has 0 bridgehead atoms. The highest BCUT2D eigenvalue weighted by atomic mass is 16.3.